The largest absolute Gasteiger partial charge is 0.265 e. The molecule has 2 heteroatoms. The van der Waals surface area contributed by atoms with Crippen LogP contribution in [0, 0.1) is 0 Å². The van der Waals surface area contributed by atoms with Crippen LogP contribution in [0.3, 0.4) is 0 Å². The minimum Gasteiger partial charge on any atom is -0.265 e. The number of hydrogen-bond acceptors (Lipinski definition) is 2. The van der Waals surface area contributed by atoms with Crippen molar-refractivity contribution in [3.8, 4) is 0 Å². The number of hydrogen-bond donors (Lipinski definition) is 0. The fourth-order valence-corrected chi connectivity index (χ4v) is 1.41. The molecule has 54 valence electrons. The van der Waals surface area contributed by atoms with E-state index < -0.39 is 0 Å². The summed E-state index contributed by atoms with van der Waals surface area (Å²) in [5, 5.41) is 0. The first-order chi connectivity index (χ1) is 4.93. The van der Waals surface area contributed by atoms with E-state index in [1.54, 1.807) is 0 Å². The lowest BCUT2D eigenvalue weighted by Gasteiger charge is -1.95. The van der Waals surface area contributed by atoms with Crippen LogP contribution in [0.1, 0.15) is 13.3 Å². The highest BCUT2D eigenvalue weighted by Crippen LogP contribution is 2.16. The molecule has 1 nitrogen and oxygen atoms in total. The van der Waals surface area contributed by atoms with Crippen LogP contribution in [-0.2, 0) is 0 Å². The van der Waals surface area contributed by atoms with Gasteiger partial charge in [0.05, 0.1) is 0 Å². The molecule has 0 atom stereocenters. The lowest BCUT2D eigenvalue weighted by molar-refractivity contribution is 1.10. The zero-order valence-electron chi connectivity index (χ0n) is 6.08. The van der Waals surface area contributed by atoms with Crippen molar-refractivity contribution in [3.63, 3.8) is 0 Å². The first kappa shape index (κ1) is 7.61. The Morgan fingerprint density at radius 2 is 2.10 bits per heavy atom. The summed E-state index contributed by atoms with van der Waals surface area (Å²) in [5.41, 5.74) is 0. The second-order valence-corrected chi connectivity index (χ2v) is 3.20. The van der Waals surface area contributed by atoms with Crippen molar-refractivity contribution in [1.82, 2.24) is 4.98 Å². The predicted molar refractivity (Wildman–Crippen MR) is 45.3 cm³/mol. The van der Waals surface area contributed by atoms with E-state index in [-0.39, 0.29) is 0 Å². The summed E-state index contributed by atoms with van der Waals surface area (Å²) < 4.78 is 0. The molecule has 0 amide bonds. The zero-order valence-corrected chi connectivity index (χ0v) is 6.90. The minimum absolute atomic E-state index is 1.20. The summed E-state index contributed by atoms with van der Waals surface area (Å²) in [6, 6.07) is 4.08. The minimum atomic E-state index is 1.20. The van der Waals surface area contributed by atoms with Crippen LogP contribution in [0.2, 0.25) is 0 Å². The predicted octanol–water partition coefficient (Wildman–Crippen LogP) is 2.58. The number of aromatic nitrogens is 1. The van der Waals surface area contributed by atoms with Crippen molar-refractivity contribution < 1.29 is 0 Å². The quantitative estimate of drug-likeness (QED) is 0.619. The maximum atomic E-state index is 3.94. The van der Waals surface area contributed by atoms with Gasteiger partial charge < -0.3 is 0 Å². The van der Waals surface area contributed by atoms with E-state index in [2.05, 4.69) is 11.9 Å². The lowest BCUT2D eigenvalue weighted by Crippen LogP contribution is -1.75. The van der Waals surface area contributed by atoms with Crippen molar-refractivity contribution in [3.05, 3.63) is 24.5 Å². The van der Waals surface area contributed by atoms with Gasteiger partial charge in [-0.15, -0.1) is 11.8 Å². The standard InChI is InChI=1S/C8H11NS/c1-2-7-10-8-3-5-9-6-4-8/h3-6H,2,7H2,1H3. The van der Waals surface area contributed by atoms with Crippen molar-refractivity contribution >= 4 is 11.8 Å². The molecule has 1 heterocycles. The van der Waals surface area contributed by atoms with E-state index in [0.29, 0.717) is 0 Å². The molecule has 0 saturated carbocycles. The Bertz CT molecular complexity index is 174. The van der Waals surface area contributed by atoms with Gasteiger partial charge in [-0.25, -0.2) is 0 Å². The van der Waals surface area contributed by atoms with Crippen LogP contribution in [0.15, 0.2) is 29.4 Å². The van der Waals surface area contributed by atoms with E-state index in [4.69, 9.17) is 0 Å². The molecule has 0 fully saturated rings. The molecule has 1 rings (SSSR count). The molecule has 0 saturated heterocycles. The molecule has 1 aromatic heterocycles. The maximum Gasteiger partial charge on any atom is 0.0278 e. The van der Waals surface area contributed by atoms with Gasteiger partial charge in [0.15, 0.2) is 0 Å². The molecule has 1 aromatic rings. The third kappa shape index (κ3) is 2.40. The van der Waals surface area contributed by atoms with Crippen molar-refractivity contribution in [1.29, 1.82) is 0 Å². The highest BCUT2D eigenvalue weighted by molar-refractivity contribution is 7.99. The molecule has 0 aliphatic rings. The Labute approximate surface area is 65.9 Å². The molecular formula is C8H11NS. The Balaban J connectivity index is 2.43. The number of thioether (sulfide) groups is 1. The Hall–Kier alpha value is -0.500. The van der Waals surface area contributed by atoms with Crippen LogP contribution >= 0.6 is 11.8 Å². The number of nitrogens with zero attached hydrogens (tertiary/aromatic N) is 1. The van der Waals surface area contributed by atoms with Crippen LogP contribution in [0.4, 0.5) is 0 Å². The Morgan fingerprint density at radius 3 is 2.70 bits per heavy atom. The maximum absolute atomic E-state index is 3.94. The SMILES string of the molecule is CCCSc1ccncc1. The van der Waals surface area contributed by atoms with E-state index in [1.165, 1.54) is 17.1 Å². The molecule has 0 spiro atoms. The fourth-order valence-electron chi connectivity index (χ4n) is 0.654. The monoisotopic (exact) mass is 153 g/mol. The molecule has 0 aromatic carbocycles. The van der Waals surface area contributed by atoms with Gasteiger partial charge in [-0.3, -0.25) is 4.98 Å². The third-order valence-electron chi connectivity index (χ3n) is 1.12. The van der Waals surface area contributed by atoms with Crippen LogP contribution in [0.25, 0.3) is 0 Å². The lowest BCUT2D eigenvalue weighted by atomic mass is 10.5. The zero-order chi connectivity index (χ0) is 7.23. The van der Waals surface area contributed by atoms with Crippen molar-refractivity contribution in [2.75, 3.05) is 5.75 Å². The second kappa shape index (κ2) is 4.34. The molecule has 0 bridgehead atoms. The van der Waals surface area contributed by atoms with Gasteiger partial charge in [0.25, 0.3) is 0 Å². The summed E-state index contributed by atoms with van der Waals surface area (Å²) in [7, 11) is 0. The normalized spacial score (nSPS) is 9.70. The van der Waals surface area contributed by atoms with E-state index in [1.807, 2.05) is 36.3 Å². The molecule has 0 N–H and O–H groups in total. The fraction of sp³-hybridized carbons (Fsp3) is 0.375. The van der Waals surface area contributed by atoms with Gasteiger partial charge in [-0.2, -0.15) is 0 Å². The van der Waals surface area contributed by atoms with Gasteiger partial charge in [0.2, 0.25) is 0 Å². The molecule has 10 heavy (non-hydrogen) atoms. The summed E-state index contributed by atoms with van der Waals surface area (Å²) in [6.45, 7) is 2.19. The third-order valence-corrected chi connectivity index (χ3v) is 2.34. The summed E-state index contributed by atoms with van der Waals surface area (Å²) in [6.07, 6.45) is 4.89. The van der Waals surface area contributed by atoms with E-state index in [9.17, 15) is 0 Å². The van der Waals surface area contributed by atoms with Gasteiger partial charge in [0.1, 0.15) is 0 Å². The number of pyridine rings is 1. The molecule has 0 unspecified atom stereocenters. The highest BCUT2D eigenvalue weighted by Gasteiger charge is 1.88. The van der Waals surface area contributed by atoms with E-state index in [0.717, 1.165) is 0 Å². The van der Waals surface area contributed by atoms with Crippen molar-refractivity contribution in [2.45, 2.75) is 18.2 Å². The Morgan fingerprint density at radius 1 is 1.40 bits per heavy atom. The highest BCUT2D eigenvalue weighted by atomic mass is 32.2. The molecule has 0 aliphatic carbocycles. The average Bonchev–Trinajstić information content (AvgIpc) is 2.03. The van der Waals surface area contributed by atoms with Crippen molar-refractivity contribution in [2.24, 2.45) is 0 Å². The average molecular weight is 153 g/mol. The van der Waals surface area contributed by atoms with Crippen LogP contribution < -0.4 is 0 Å². The van der Waals surface area contributed by atoms with Gasteiger partial charge in [-0.1, -0.05) is 6.92 Å². The van der Waals surface area contributed by atoms with Gasteiger partial charge in [-0.05, 0) is 24.3 Å². The first-order valence-corrected chi connectivity index (χ1v) is 4.45. The van der Waals surface area contributed by atoms with Crippen LogP contribution in [0.5, 0.6) is 0 Å². The summed E-state index contributed by atoms with van der Waals surface area (Å²) in [4.78, 5) is 5.26. The summed E-state index contributed by atoms with van der Waals surface area (Å²) in [5.74, 6) is 1.20. The molecule has 0 radical (unpaired) electrons. The summed E-state index contributed by atoms with van der Waals surface area (Å²) >= 11 is 1.88. The number of rotatable bonds is 3. The topological polar surface area (TPSA) is 12.9 Å². The van der Waals surface area contributed by atoms with Gasteiger partial charge in [0, 0.05) is 17.3 Å². The van der Waals surface area contributed by atoms with Crippen LogP contribution in [-0.4, -0.2) is 10.7 Å². The first-order valence-electron chi connectivity index (χ1n) is 3.46. The smallest absolute Gasteiger partial charge is 0.0278 e. The second-order valence-electron chi connectivity index (χ2n) is 2.03. The Kier molecular flexibility index (Phi) is 3.30. The van der Waals surface area contributed by atoms with E-state index >= 15 is 0 Å². The van der Waals surface area contributed by atoms with Gasteiger partial charge >= 0.3 is 0 Å². The molecule has 0 aliphatic heterocycles. The molecular weight excluding hydrogens is 142 g/mol.